The van der Waals surface area contributed by atoms with Gasteiger partial charge in [-0.15, -0.1) is 0 Å². The Morgan fingerprint density at radius 1 is 1.05 bits per heavy atom. The minimum Gasteiger partial charge on any atom is -0.493 e. The number of benzene rings is 2. The highest BCUT2D eigenvalue weighted by molar-refractivity contribution is 7.23. The smallest absolute Gasteiger partial charge is 0.324 e. The van der Waals surface area contributed by atoms with Crippen LogP contribution in [0.4, 0.5) is 16.3 Å². The third-order valence-electron chi connectivity index (χ3n) is 7.48. The molecule has 0 bridgehead atoms. The van der Waals surface area contributed by atoms with E-state index in [1.807, 2.05) is 51.1 Å². The number of aromatic nitrogens is 3. The van der Waals surface area contributed by atoms with E-state index in [0.29, 0.717) is 17.3 Å². The van der Waals surface area contributed by atoms with E-state index in [4.69, 9.17) is 14.2 Å². The number of anilines is 2. The molecule has 2 N–H and O–H groups in total. The standard InChI is InChI=1S/C31H37N7O3S/c1-31(2,3)27-19-28(35-41-27)34-29(39)32-22-8-6-21(7-9-22)24-20-38-25-11-10-23(18-26(25)42-30(38)33-24)40-17-5-12-37-15-13-36(4)14-16-37/h6-11,18-20H,5,12-17H2,1-4H3,(H2,32,34,35,39). The number of imidazole rings is 1. The number of amides is 2. The second-order valence-corrected chi connectivity index (χ2v) is 12.8. The summed E-state index contributed by atoms with van der Waals surface area (Å²) >= 11 is 1.65. The fourth-order valence-corrected chi connectivity index (χ4v) is 5.99. The summed E-state index contributed by atoms with van der Waals surface area (Å²) in [6, 6.07) is 15.2. The van der Waals surface area contributed by atoms with Crippen LogP contribution in [0.5, 0.6) is 5.75 Å². The lowest BCUT2D eigenvalue weighted by Crippen LogP contribution is -2.44. The first-order valence-corrected chi connectivity index (χ1v) is 15.1. The summed E-state index contributed by atoms with van der Waals surface area (Å²) in [7, 11) is 2.18. The molecule has 1 fully saturated rings. The molecule has 0 spiro atoms. The van der Waals surface area contributed by atoms with Crippen LogP contribution in [0.15, 0.2) is 59.3 Å². The van der Waals surface area contributed by atoms with E-state index in [-0.39, 0.29) is 11.4 Å². The lowest BCUT2D eigenvalue weighted by molar-refractivity contribution is 0.145. The van der Waals surface area contributed by atoms with Crippen LogP contribution in [-0.2, 0) is 5.41 Å². The molecule has 6 rings (SSSR count). The number of piperazine rings is 1. The van der Waals surface area contributed by atoms with Crippen molar-refractivity contribution in [3.05, 3.63) is 60.5 Å². The Bertz CT molecular complexity index is 1670. The van der Waals surface area contributed by atoms with Crippen LogP contribution < -0.4 is 15.4 Å². The van der Waals surface area contributed by atoms with Crippen molar-refractivity contribution in [2.45, 2.75) is 32.6 Å². The van der Waals surface area contributed by atoms with Gasteiger partial charge in [0.25, 0.3) is 0 Å². The van der Waals surface area contributed by atoms with Crippen LogP contribution in [0.2, 0.25) is 0 Å². The first-order chi connectivity index (χ1) is 20.2. The lowest BCUT2D eigenvalue weighted by Gasteiger charge is -2.32. The van der Waals surface area contributed by atoms with Gasteiger partial charge in [-0.1, -0.05) is 49.4 Å². The highest BCUT2D eigenvalue weighted by Gasteiger charge is 2.20. The second-order valence-electron chi connectivity index (χ2n) is 11.8. The average Bonchev–Trinajstić information content (AvgIpc) is 3.67. The lowest BCUT2D eigenvalue weighted by atomic mass is 9.93. The van der Waals surface area contributed by atoms with Crippen molar-refractivity contribution in [1.29, 1.82) is 0 Å². The van der Waals surface area contributed by atoms with Crippen molar-refractivity contribution < 1.29 is 14.1 Å². The number of urea groups is 1. The molecule has 42 heavy (non-hydrogen) atoms. The van der Waals surface area contributed by atoms with Crippen molar-refractivity contribution in [3.8, 4) is 17.0 Å². The molecular formula is C31H37N7O3S. The van der Waals surface area contributed by atoms with Crippen molar-refractivity contribution in [1.82, 2.24) is 24.3 Å². The van der Waals surface area contributed by atoms with Gasteiger partial charge < -0.3 is 24.4 Å². The Labute approximate surface area is 249 Å². The number of carbonyl (C=O) groups excluding carboxylic acids is 1. The first-order valence-electron chi connectivity index (χ1n) is 14.3. The number of thiazole rings is 1. The maximum Gasteiger partial charge on any atom is 0.324 e. The molecule has 1 aliphatic rings. The Morgan fingerprint density at radius 2 is 1.83 bits per heavy atom. The average molecular weight is 588 g/mol. The molecule has 3 aromatic heterocycles. The zero-order chi connectivity index (χ0) is 29.3. The molecular weight excluding hydrogens is 550 g/mol. The molecule has 1 saturated heterocycles. The number of hydrogen-bond acceptors (Lipinski definition) is 8. The molecule has 0 aliphatic carbocycles. The number of hydrogen-bond donors (Lipinski definition) is 2. The largest absolute Gasteiger partial charge is 0.493 e. The van der Waals surface area contributed by atoms with E-state index in [1.165, 1.54) is 0 Å². The number of ether oxygens (including phenoxy) is 1. The van der Waals surface area contributed by atoms with Gasteiger partial charge >= 0.3 is 6.03 Å². The topological polar surface area (TPSA) is 100 Å². The van der Waals surface area contributed by atoms with Crippen LogP contribution in [0.25, 0.3) is 26.4 Å². The number of likely N-dealkylation sites (N-methyl/N-ethyl adjacent to an activating group) is 1. The summed E-state index contributed by atoms with van der Waals surface area (Å²) in [5.41, 5.74) is 3.43. The maximum atomic E-state index is 12.4. The van der Waals surface area contributed by atoms with Crippen LogP contribution in [0, 0.1) is 0 Å². The fourth-order valence-electron chi connectivity index (χ4n) is 4.95. The Kier molecular flexibility index (Phi) is 7.89. The normalized spacial score (nSPS) is 15.0. The third kappa shape index (κ3) is 6.43. The quantitative estimate of drug-likeness (QED) is 0.210. The first kappa shape index (κ1) is 28.2. The van der Waals surface area contributed by atoms with Gasteiger partial charge in [-0.05, 0) is 43.8 Å². The van der Waals surface area contributed by atoms with Crippen molar-refractivity contribution in [3.63, 3.8) is 0 Å². The molecule has 0 atom stereocenters. The summed E-state index contributed by atoms with van der Waals surface area (Å²) in [6.45, 7) is 12.4. The van der Waals surface area contributed by atoms with Gasteiger partial charge in [-0.25, -0.2) is 9.78 Å². The van der Waals surface area contributed by atoms with Crippen LogP contribution >= 0.6 is 11.3 Å². The Hall–Kier alpha value is -3.93. The number of carbonyl (C=O) groups is 1. The molecule has 11 heteroatoms. The van der Waals surface area contributed by atoms with Gasteiger partial charge in [-0.2, -0.15) is 0 Å². The minimum absolute atomic E-state index is 0.186. The van der Waals surface area contributed by atoms with Gasteiger partial charge in [0.15, 0.2) is 10.8 Å². The molecule has 2 amide bonds. The number of nitrogens with one attached hydrogen (secondary N) is 2. The van der Waals surface area contributed by atoms with E-state index in [2.05, 4.69) is 55.4 Å². The van der Waals surface area contributed by atoms with Gasteiger partial charge in [-0.3, -0.25) is 9.72 Å². The summed E-state index contributed by atoms with van der Waals surface area (Å²) in [4.78, 5) is 23.1. The molecule has 2 aromatic carbocycles. The van der Waals surface area contributed by atoms with Crippen molar-refractivity contribution >= 4 is 44.1 Å². The minimum atomic E-state index is -0.385. The van der Waals surface area contributed by atoms with Gasteiger partial charge in [0.2, 0.25) is 0 Å². The summed E-state index contributed by atoms with van der Waals surface area (Å²) in [5.74, 6) is 1.98. The number of nitrogens with zero attached hydrogens (tertiary/aromatic N) is 5. The Balaban J connectivity index is 1.04. The molecule has 10 nitrogen and oxygen atoms in total. The van der Waals surface area contributed by atoms with E-state index in [1.54, 1.807) is 17.4 Å². The van der Waals surface area contributed by atoms with Crippen molar-refractivity contribution in [2.24, 2.45) is 0 Å². The highest BCUT2D eigenvalue weighted by Crippen LogP contribution is 2.32. The molecule has 0 radical (unpaired) electrons. The van der Waals surface area contributed by atoms with E-state index >= 15 is 0 Å². The van der Waals surface area contributed by atoms with Crippen LogP contribution in [-0.4, -0.2) is 76.8 Å². The maximum absolute atomic E-state index is 12.4. The summed E-state index contributed by atoms with van der Waals surface area (Å²) in [5, 5.41) is 9.47. The van der Waals surface area contributed by atoms with Crippen LogP contribution in [0.3, 0.4) is 0 Å². The molecule has 4 heterocycles. The molecule has 0 saturated carbocycles. The van der Waals surface area contributed by atoms with E-state index < -0.39 is 0 Å². The summed E-state index contributed by atoms with van der Waals surface area (Å²) in [6.07, 6.45) is 3.08. The van der Waals surface area contributed by atoms with E-state index in [0.717, 1.165) is 77.9 Å². The predicted molar refractivity (Wildman–Crippen MR) is 168 cm³/mol. The summed E-state index contributed by atoms with van der Waals surface area (Å²) < 4.78 is 14.7. The molecule has 220 valence electrons. The second kappa shape index (κ2) is 11.7. The zero-order valence-corrected chi connectivity index (χ0v) is 25.3. The SMILES string of the molecule is CN1CCN(CCCOc2ccc3c(c2)sc2nc(-c4ccc(NC(=O)Nc5cc(C(C)(C)C)on5)cc4)cn23)CC1. The Morgan fingerprint density at radius 3 is 2.57 bits per heavy atom. The molecule has 5 aromatic rings. The van der Waals surface area contributed by atoms with Gasteiger partial charge in [0.05, 0.1) is 22.5 Å². The third-order valence-corrected chi connectivity index (χ3v) is 8.50. The van der Waals surface area contributed by atoms with E-state index in [9.17, 15) is 4.79 Å². The molecule has 0 unspecified atom stereocenters. The highest BCUT2D eigenvalue weighted by atomic mass is 32.1. The molecule has 1 aliphatic heterocycles. The number of rotatable bonds is 8. The van der Waals surface area contributed by atoms with Crippen LogP contribution in [0.1, 0.15) is 33.0 Å². The van der Waals surface area contributed by atoms with Gasteiger partial charge in [0.1, 0.15) is 11.5 Å². The fraction of sp³-hybridized carbons (Fsp3) is 0.387. The van der Waals surface area contributed by atoms with Gasteiger partial charge in [0, 0.05) is 61.7 Å². The predicted octanol–water partition coefficient (Wildman–Crippen LogP) is 6.16. The zero-order valence-electron chi connectivity index (χ0n) is 24.5. The monoisotopic (exact) mass is 587 g/mol. The van der Waals surface area contributed by atoms with Crippen molar-refractivity contribution in [2.75, 3.05) is 57.0 Å². The number of fused-ring (bicyclic) bond motifs is 3.